The van der Waals surface area contributed by atoms with Crippen molar-refractivity contribution < 1.29 is 17.9 Å². The van der Waals surface area contributed by atoms with Crippen LogP contribution in [0.5, 0.6) is 11.5 Å². The zero-order valence-electron chi connectivity index (χ0n) is 20.0. The summed E-state index contributed by atoms with van der Waals surface area (Å²) in [6.07, 6.45) is 0. The van der Waals surface area contributed by atoms with Crippen LogP contribution < -0.4 is 15.0 Å². The molecule has 0 aliphatic carbocycles. The first kappa shape index (κ1) is 23.6. The minimum absolute atomic E-state index is 0.0116. The van der Waals surface area contributed by atoms with Gasteiger partial charge in [0.2, 0.25) is 16.8 Å². The summed E-state index contributed by atoms with van der Waals surface area (Å²) >= 11 is 0.962. The standard InChI is InChI=1S/C26H22N4O5S2/c1-15-3-6-18-11-19(26(31)27-21(18)9-15)13-30(12-17-5-8-22-23(10-17)35-14-34-22)37(32,33)25-16(2)4-7-20-24(25)29-36-28-20/h3-11H,12-14H2,1-2H3,(H,27,31). The van der Waals surface area contributed by atoms with Crippen molar-refractivity contribution in [3.63, 3.8) is 0 Å². The number of rotatable bonds is 6. The summed E-state index contributed by atoms with van der Waals surface area (Å²) in [4.78, 5) is 16.0. The van der Waals surface area contributed by atoms with Crippen molar-refractivity contribution >= 4 is 43.7 Å². The van der Waals surface area contributed by atoms with Crippen LogP contribution in [0.2, 0.25) is 0 Å². The van der Waals surface area contributed by atoms with E-state index in [1.54, 1.807) is 43.3 Å². The van der Waals surface area contributed by atoms with Crippen LogP contribution >= 0.6 is 11.7 Å². The van der Waals surface area contributed by atoms with Gasteiger partial charge in [0, 0.05) is 24.2 Å². The maximum atomic E-state index is 14.2. The molecule has 0 bridgehead atoms. The highest BCUT2D eigenvalue weighted by Gasteiger charge is 2.31. The summed E-state index contributed by atoms with van der Waals surface area (Å²) in [5.74, 6) is 1.16. The molecule has 37 heavy (non-hydrogen) atoms. The summed E-state index contributed by atoms with van der Waals surface area (Å²) in [5, 5.41) is 0.822. The molecule has 0 unspecified atom stereocenters. The van der Waals surface area contributed by atoms with Gasteiger partial charge in [-0.3, -0.25) is 4.79 Å². The molecule has 6 rings (SSSR count). The van der Waals surface area contributed by atoms with Crippen LogP contribution in [-0.2, 0) is 23.1 Å². The average molecular weight is 535 g/mol. The monoisotopic (exact) mass is 534 g/mol. The first-order valence-corrected chi connectivity index (χ1v) is 13.7. The summed E-state index contributed by atoms with van der Waals surface area (Å²) in [5.41, 5.74) is 3.80. The molecule has 0 amide bonds. The van der Waals surface area contributed by atoms with Gasteiger partial charge in [-0.15, -0.1) is 0 Å². The zero-order valence-corrected chi connectivity index (χ0v) is 21.6. The summed E-state index contributed by atoms with van der Waals surface area (Å²) < 4.78 is 49.1. The van der Waals surface area contributed by atoms with E-state index in [1.165, 1.54) is 4.31 Å². The minimum Gasteiger partial charge on any atom is -0.454 e. The number of fused-ring (bicyclic) bond motifs is 3. The molecule has 11 heteroatoms. The second kappa shape index (κ2) is 8.94. The van der Waals surface area contributed by atoms with Crippen molar-refractivity contribution in [2.75, 3.05) is 6.79 Å². The lowest BCUT2D eigenvalue weighted by Crippen LogP contribution is -2.33. The second-order valence-corrected chi connectivity index (χ2v) is 11.4. The van der Waals surface area contributed by atoms with Gasteiger partial charge >= 0.3 is 0 Å². The Hall–Kier alpha value is -3.80. The smallest absolute Gasteiger partial charge is 0.252 e. The third kappa shape index (κ3) is 4.24. The van der Waals surface area contributed by atoms with E-state index < -0.39 is 10.0 Å². The Labute approximate surface area is 216 Å². The molecule has 0 fully saturated rings. The molecule has 1 aliphatic heterocycles. The van der Waals surface area contributed by atoms with Gasteiger partial charge in [-0.1, -0.05) is 24.3 Å². The number of nitrogens with one attached hydrogen (secondary N) is 1. The average Bonchev–Trinajstić information content (AvgIpc) is 3.52. The molecule has 9 nitrogen and oxygen atoms in total. The van der Waals surface area contributed by atoms with E-state index >= 15 is 0 Å². The number of hydrogen-bond acceptors (Lipinski definition) is 8. The molecule has 1 aliphatic rings. The fourth-order valence-electron chi connectivity index (χ4n) is 4.52. The Bertz CT molecular complexity index is 1850. The maximum Gasteiger partial charge on any atom is 0.252 e. The van der Waals surface area contributed by atoms with Crippen LogP contribution in [0.4, 0.5) is 0 Å². The predicted octanol–water partition coefficient (Wildman–Crippen LogP) is 4.27. The van der Waals surface area contributed by atoms with Gasteiger partial charge < -0.3 is 14.5 Å². The molecule has 0 radical (unpaired) electrons. The molecule has 0 saturated carbocycles. The van der Waals surface area contributed by atoms with Crippen LogP contribution in [0.3, 0.4) is 0 Å². The van der Waals surface area contributed by atoms with Crippen LogP contribution in [-0.4, -0.2) is 33.2 Å². The predicted molar refractivity (Wildman–Crippen MR) is 140 cm³/mol. The lowest BCUT2D eigenvalue weighted by molar-refractivity contribution is 0.174. The van der Waals surface area contributed by atoms with Gasteiger partial charge in [-0.25, -0.2) is 8.42 Å². The van der Waals surface area contributed by atoms with E-state index in [-0.39, 0.29) is 30.3 Å². The van der Waals surface area contributed by atoms with E-state index in [0.29, 0.717) is 44.7 Å². The molecule has 1 N–H and O–H groups in total. The molecular weight excluding hydrogens is 512 g/mol. The van der Waals surface area contributed by atoms with Gasteiger partial charge in [0.05, 0.1) is 11.7 Å². The molecule has 5 aromatic rings. The van der Waals surface area contributed by atoms with E-state index in [1.807, 2.05) is 25.1 Å². The second-order valence-electron chi connectivity index (χ2n) is 9.02. The molecule has 3 aromatic carbocycles. The van der Waals surface area contributed by atoms with E-state index in [4.69, 9.17) is 9.47 Å². The lowest BCUT2D eigenvalue weighted by atomic mass is 10.1. The largest absolute Gasteiger partial charge is 0.454 e. The van der Waals surface area contributed by atoms with Crippen LogP contribution in [0, 0.1) is 13.8 Å². The number of ether oxygens (including phenoxy) is 2. The quantitative estimate of drug-likeness (QED) is 0.346. The fraction of sp³-hybridized carbons (Fsp3) is 0.192. The Morgan fingerprint density at radius 2 is 1.81 bits per heavy atom. The SMILES string of the molecule is Cc1ccc2cc(CN(Cc3ccc4c(c3)OCO4)S(=O)(=O)c3c(C)ccc4nsnc34)c(=O)[nH]c2c1. The van der Waals surface area contributed by atoms with Crippen molar-refractivity contribution in [1.82, 2.24) is 18.0 Å². The van der Waals surface area contributed by atoms with Crippen LogP contribution in [0.1, 0.15) is 22.3 Å². The Morgan fingerprint density at radius 3 is 2.68 bits per heavy atom. The number of aryl methyl sites for hydroxylation is 2. The highest BCUT2D eigenvalue weighted by atomic mass is 32.2. The highest BCUT2D eigenvalue weighted by molar-refractivity contribution is 7.89. The fourth-order valence-corrected chi connectivity index (χ4v) is 6.88. The zero-order chi connectivity index (χ0) is 25.7. The van der Waals surface area contributed by atoms with E-state index in [9.17, 15) is 13.2 Å². The van der Waals surface area contributed by atoms with Crippen molar-refractivity contribution in [3.05, 3.63) is 87.2 Å². The topological polar surface area (TPSA) is 114 Å². The number of hydrogen-bond donors (Lipinski definition) is 1. The Morgan fingerprint density at radius 1 is 0.973 bits per heavy atom. The first-order valence-electron chi connectivity index (χ1n) is 11.5. The molecule has 0 atom stereocenters. The normalized spacial score (nSPS) is 13.2. The van der Waals surface area contributed by atoms with Gasteiger partial charge in [0.1, 0.15) is 15.9 Å². The number of aromatic amines is 1. The van der Waals surface area contributed by atoms with Crippen molar-refractivity contribution in [2.24, 2.45) is 0 Å². The van der Waals surface area contributed by atoms with Gasteiger partial charge in [0.25, 0.3) is 5.56 Å². The Balaban J connectivity index is 1.47. The molecule has 0 saturated heterocycles. The molecule has 188 valence electrons. The lowest BCUT2D eigenvalue weighted by Gasteiger charge is -2.23. The molecular formula is C26H22N4O5S2. The highest BCUT2D eigenvalue weighted by Crippen LogP contribution is 2.34. The van der Waals surface area contributed by atoms with Gasteiger partial charge in [0.15, 0.2) is 11.5 Å². The first-order chi connectivity index (χ1) is 17.8. The van der Waals surface area contributed by atoms with Crippen molar-refractivity contribution in [1.29, 1.82) is 0 Å². The number of sulfonamides is 1. The number of pyridine rings is 1. The van der Waals surface area contributed by atoms with Crippen LogP contribution in [0.25, 0.3) is 21.9 Å². The van der Waals surface area contributed by atoms with Gasteiger partial charge in [-0.05, 0) is 66.3 Å². The third-order valence-corrected chi connectivity index (χ3v) is 8.91. The summed E-state index contributed by atoms with van der Waals surface area (Å²) in [6, 6.07) is 16.3. The summed E-state index contributed by atoms with van der Waals surface area (Å²) in [6.45, 7) is 3.67. The molecule has 0 spiro atoms. The van der Waals surface area contributed by atoms with Crippen molar-refractivity contribution in [2.45, 2.75) is 31.8 Å². The Kier molecular flexibility index (Phi) is 5.70. The number of aromatic nitrogens is 3. The summed E-state index contributed by atoms with van der Waals surface area (Å²) in [7, 11) is -4.10. The minimum atomic E-state index is -4.10. The van der Waals surface area contributed by atoms with Crippen molar-refractivity contribution in [3.8, 4) is 11.5 Å². The number of benzene rings is 3. The van der Waals surface area contributed by atoms with Crippen LogP contribution in [0.15, 0.2) is 64.3 Å². The molecule has 3 heterocycles. The number of nitrogens with zero attached hydrogens (tertiary/aromatic N) is 3. The van der Waals surface area contributed by atoms with Gasteiger partial charge in [-0.2, -0.15) is 13.1 Å². The van der Waals surface area contributed by atoms with E-state index in [0.717, 1.165) is 22.7 Å². The van der Waals surface area contributed by atoms with E-state index in [2.05, 4.69) is 13.7 Å². The number of H-pyrrole nitrogens is 1. The molecule has 2 aromatic heterocycles. The third-order valence-electron chi connectivity index (χ3n) is 6.40. The maximum absolute atomic E-state index is 14.2.